The first-order chi connectivity index (χ1) is 9.20. The third kappa shape index (κ3) is 3.71. The van der Waals surface area contributed by atoms with Gasteiger partial charge in [0.2, 0.25) is 10.0 Å². The Kier molecular flexibility index (Phi) is 5.56. The van der Waals surface area contributed by atoms with Crippen molar-refractivity contribution in [1.82, 2.24) is 4.72 Å². The van der Waals surface area contributed by atoms with Crippen molar-refractivity contribution in [3.8, 4) is 0 Å². The second kappa shape index (κ2) is 6.56. The predicted octanol–water partition coefficient (Wildman–Crippen LogP) is 1.83. The predicted molar refractivity (Wildman–Crippen MR) is 81.2 cm³/mol. The van der Waals surface area contributed by atoms with E-state index in [-0.39, 0.29) is 16.9 Å². The average molecular weight is 300 g/mol. The lowest BCUT2D eigenvalue weighted by Gasteiger charge is -2.23. The Hall–Kier alpha value is -1.11. The zero-order chi connectivity index (χ0) is 15.5. The van der Waals surface area contributed by atoms with Crippen LogP contribution in [0.15, 0.2) is 17.0 Å². The fraction of sp³-hybridized carbons (Fsp3) is 0.571. The number of anilines is 1. The SMILES string of the molecule is COCC(NS(=O)(=O)c1c(C)ccc(N)c1C)C(C)C. The molecule has 0 amide bonds. The molecule has 0 saturated heterocycles. The minimum atomic E-state index is -3.62. The van der Waals surface area contributed by atoms with Gasteiger partial charge in [-0.25, -0.2) is 13.1 Å². The quantitative estimate of drug-likeness (QED) is 0.785. The van der Waals surface area contributed by atoms with Gasteiger partial charge in [-0.2, -0.15) is 0 Å². The van der Waals surface area contributed by atoms with Gasteiger partial charge in [0.15, 0.2) is 0 Å². The highest BCUT2D eigenvalue weighted by Gasteiger charge is 2.26. The maximum absolute atomic E-state index is 12.6. The number of nitrogens with two attached hydrogens (primary N) is 1. The zero-order valence-electron chi connectivity index (χ0n) is 12.7. The summed E-state index contributed by atoms with van der Waals surface area (Å²) in [6.45, 7) is 7.72. The molecule has 1 aromatic rings. The molecular formula is C14H24N2O3S. The molecule has 1 unspecified atom stereocenters. The van der Waals surface area contributed by atoms with E-state index in [9.17, 15) is 8.42 Å². The van der Waals surface area contributed by atoms with E-state index in [1.165, 1.54) is 0 Å². The number of nitrogen functional groups attached to an aromatic ring is 1. The van der Waals surface area contributed by atoms with Crippen molar-refractivity contribution in [2.45, 2.75) is 38.6 Å². The Morgan fingerprint density at radius 3 is 2.40 bits per heavy atom. The number of nitrogens with one attached hydrogen (secondary N) is 1. The van der Waals surface area contributed by atoms with Crippen LogP contribution >= 0.6 is 0 Å². The molecule has 0 aliphatic heterocycles. The Morgan fingerprint density at radius 2 is 1.90 bits per heavy atom. The Bertz CT molecular complexity index is 568. The van der Waals surface area contributed by atoms with Gasteiger partial charge in [-0.3, -0.25) is 0 Å². The van der Waals surface area contributed by atoms with Crippen molar-refractivity contribution in [3.05, 3.63) is 23.3 Å². The Labute approximate surface area is 121 Å². The molecule has 1 rings (SSSR count). The molecule has 0 aromatic heterocycles. The van der Waals surface area contributed by atoms with E-state index in [1.807, 2.05) is 13.8 Å². The fourth-order valence-corrected chi connectivity index (χ4v) is 3.93. The number of ether oxygens (including phenoxy) is 1. The molecule has 114 valence electrons. The molecule has 0 bridgehead atoms. The van der Waals surface area contributed by atoms with Gasteiger partial charge in [-0.15, -0.1) is 0 Å². The number of hydrogen-bond donors (Lipinski definition) is 2. The standard InChI is InChI=1S/C14H24N2O3S/c1-9(2)13(8-19-5)16-20(17,18)14-10(3)6-7-12(15)11(14)4/h6-7,9,13,16H,8,15H2,1-5H3. The van der Waals surface area contributed by atoms with Gasteiger partial charge in [0.25, 0.3) is 0 Å². The van der Waals surface area contributed by atoms with Gasteiger partial charge in [-0.05, 0) is 37.0 Å². The second-order valence-corrected chi connectivity index (χ2v) is 7.00. The summed E-state index contributed by atoms with van der Waals surface area (Å²) in [6, 6.07) is 3.17. The van der Waals surface area contributed by atoms with E-state index >= 15 is 0 Å². The maximum atomic E-state index is 12.6. The summed E-state index contributed by atoms with van der Waals surface area (Å²) < 4.78 is 33.0. The van der Waals surface area contributed by atoms with Crippen LogP contribution in [0.4, 0.5) is 5.69 Å². The van der Waals surface area contributed by atoms with Crippen molar-refractivity contribution >= 4 is 15.7 Å². The fourth-order valence-electron chi connectivity index (χ4n) is 2.06. The van der Waals surface area contributed by atoms with E-state index in [2.05, 4.69) is 4.72 Å². The Balaban J connectivity index is 3.21. The summed E-state index contributed by atoms with van der Waals surface area (Å²) in [5.41, 5.74) is 7.56. The summed E-state index contributed by atoms with van der Waals surface area (Å²) in [4.78, 5) is 0.263. The Morgan fingerprint density at radius 1 is 1.30 bits per heavy atom. The van der Waals surface area contributed by atoms with E-state index in [0.29, 0.717) is 23.4 Å². The average Bonchev–Trinajstić information content (AvgIpc) is 2.33. The van der Waals surface area contributed by atoms with E-state index in [1.54, 1.807) is 33.1 Å². The lowest BCUT2D eigenvalue weighted by atomic mass is 10.1. The molecular weight excluding hydrogens is 276 g/mol. The summed E-state index contributed by atoms with van der Waals surface area (Å²) in [7, 11) is -2.06. The molecule has 0 radical (unpaired) electrons. The molecule has 5 nitrogen and oxygen atoms in total. The van der Waals surface area contributed by atoms with E-state index < -0.39 is 10.0 Å². The van der Waals surface area contributed by atoms with E-state index in [0.717, 1.165) is 0 Å². The van der Waals surface area contributed by atoms with Crippen molar-refractivity contribution in [2.24, 2.45) is 5.92 Å². The van der Waals surface area contributed by atoms with Crippen LogP contribution in [0.2, 0.25) is 0 Å². The van der Waals surface area contributed by atoms with Crippen molar-refractivity contribution in [1.29, 1.82) is 0 Å². The molecule has 0 saturated carbocycles. The van der Waals surface area contributed by atoms with Crippen LogP contribution in [-0.4, -0.2) is 28.2 Å². The van der Waals surface area contributed by atoms with Gasteiger partial charge in [0, 0.05) is 18.8 Å². The third-order valence-electron chi connectivity index (χ3n) is 3.37. The number of benzene rings is 1. The third-order valence-corrected chi connectivity index (χ3v) is 5.15. The summed E-state index contributed by atoms with van der Waals surface area (Å²) in [5, 5.41) is 0. The minimum Gasteiger partial charge on any atom is -0.398 e. The summed E-state index contributed by atoms with van der Waals surface area (Å²) >= 11 is 0. The van der Waals surface area contributed by atoms with Crippen LogP contribution in [0.5, 0.6) is 0 Å². The number of aryl methyl sites for hydroxylation is 1. The monoisotopic (exact) mass is 300 g/mol. The number of rotatable bonds is 6. The molecule has 0 heterocycles. The lowest BCUT2D eigenvalue weighted by molar-refractivity contribution is 0.157. The van der Waals surface area contributed by atoms with Gasteiger partial charge >= 0.3 is 0 Å². The molecule has 20 heavy (non-hydrogen) atoms. The molecule has 0 fully saturated rings. The molecule has 3 N–H and O–H groups in total. The number of methoxy groups -OCH3 is 1. The van der Waals surface area contributed by atoms with Gasteiger partial charge < -0.3 is 10.5 Å². The van der Waals surface area contributed by atoms with E-state index in [4.69, 9.17) is 10.5 Å². The van der Waals surface area contributed by atoms with Crippen molar-refractivity contribution in [3.63, 3.8) is 0 Å². The number of hydrogen-bond acceptors (Lipinski definition) is 4. The second-order valence-electron chi connectivity index (χ2n) is 5.35. The largest absolute Gasteiger partial charge is 0.398 e. The lowest BCUT2D eigenvalue weighted by Crippen LogP contribution is -2.42. The van der Waals surface area contributed by atoms with Crippen LogP contribution in [0, 0.1) is 19.8 Å². The molecule has 1 atom stereocenters. The first-order valence-electron chi connectivity index (χ1n) is 6.57. The molecule has 0 aliphatic carbocycles. The van der Waals surface area contributed by atoms with Crippen molar-refractivity contribution in [2.75, 3.05) is 19.5 Å². The highest BCUT2D eigenvalue weighted by atomic mass is 32.2. The van der Waals surface area contributed by atoms with Crippen LogP contribution in [-0.2, 0) is 14.8 Å². The molecule has 0 spiro atoms. The summed E-state index contributed by atoms with van der Waals surface area (Å²) in [6.07, 6.45) is 0. The first-order valence-corrected chi connectivity index (χ1v) is 8.06. The minimum absolute atomic E-state index is 0.131. The van der Waals surface area contributed by atoms with Crippen LogP contribution < -0.4 is 10.5 Å². The van der Waals surface area contributed by atoms with Crippen molar-refractivity contribution < 1.29 is 13.2 Å². The highest BCUT2D eigenvalue weighted by molar-refractivity contribution is 7.89. The summed E-state index contributed by atoms with van der Waals surface area (Å²) in [5.74, 6) is 0.131. The molecule has 1 aromatic carbocycles. The van der Waals surface area contributed by atoms with Crippen LogP contribution in [0.1, 0.15) is 25.0 Å². The van der Waals surface area contributed by atoms with Crippen LogP contribution in [0.25, 0.3) is 0 Å². The smallest absolute Gasteiger partial charge is 0.241 e. The van der Waals surface area contributed by atoms with Gasteiger partial charge in [-0.1, -0.05) is 19.9 Å². The number of sulfonamides is 1. The van der Waals surface area contributed by atoms with Gasteiger partial charge in [0.1, 0.15) is 0 Å². The molecule has 0 aliphatic rings. The topological polar surface area (TPSA) is 81.4 Å². The zero-order valence-corrected chi connectivity index (χ0v) is 13.5. The maximum Gasteiger partial charge on any atom is 0.241 e. The normalized spacial score (nSPS) is 13.7. The van der Waals surface area contributed by atoms with Crippen LogP contribution in [0.3, 0.4) is 0 Å². The highest BCUT2D eigenvalue weighted by Crippen LogP contribution is 2.25. The van der Waals surface area contributed by atoms with Gasteiger partial charge in [0.05, 0.1) is 11.5 Å². The molecule has 6 heteroatoms. The first kappa shape index (κ1) is 16.9.